The number of ketones is 1. The monoisotopic (exact) mass is 433 g/mol. The summed E-state index contributed by atoms with van der Waals surface area (Å²) in [7, 11) is 3.11. The number of amides is 1. The SMILES string of the molecule is COc1ccc(C(=O)[C@@H]2CCCN(C(=O)c3cnn(Cc4ccccc4)c3)C2)cc1OC. The Hall–Kier alpha value is -3.61. The predicted molar refractivity (Wildman–Crippen MR) is 120 cm³/mol. The number of carbonyl (C=O) groups is 2. The molecule has 1 aliphatic rings. The van der Waals surface area contributed by atoms with Gasteiger partial charge in [0.2, 0.25) is 0 Å². The molecule has 1 fully saturated rings. The van der Waals surface area contributed by atoms with Gasteiger partial charge in [-0.25, -0.2) is 0 Å². The molecule has 0 unspecified atom stereocenters. The molecule has 0 spiro atoms. The van der Waals surface area contributed by atoms with E-state index in [0.717, 1.165) is 18.4 Å². The minimum absolute atomic E-state index is 0.0169. The molecule has 1 aromatic heterocycles. The molecule has 0 bridgehead atoms. The molecule has 0 saturated carbocycles. The van der Waals surface area contributed by atoms with Gasteiger partial charge in [-0.05, 0) is 36.6 Å². The van der Waals surface area contributed by atoms with Gasteiger partial charge >= 0.3 is 0 Å². The first-order valence-electron chi connectivity index (χ1n) is 10.7. The number of ether oxygens (including phenoxy) is 2. The van der Waals surface area contributed by atoms with E-state index in [1.807, 2.05) is 30.3 Å². The lowest BCUT2D eigenvalue weighted by molar-refractivity contribution is 0.0636. The zero-order chi connectivity index (χ0) is 22.5. The van der Waals surface area contributed by atoms with Crippen molar-refractivity contribution in [1.29, 1.82) is 0 Å². The number of nitrogens with zero attached hydrogens (tertiary/aromatic N) is 3. The van der Waals surface area contributed by atoms with Gasteiger partial charge in [0, 0.05) is 30.8 Å². The Morgan fingerprint density at radius 3 is 2.56 bits per heavy atom. The van der Waals surface area contributed by atoms with Gasteiger partial charge < -0.3 is 14.4 Å². The molecule has 3 aromatic rings. The molecule has 0 radical (unpaired) electrons. The molecule has 2 aromatic carbocycles. The molecule has 0 aliphatic carbocycles. The average molecular weight is 434 g/mol. The number of hydrogen-bond acceptors (Lipinski definition) is 5. The van der Waals surface area contributed by atoms with E-state index in [1.165, 1.54) is 0 Å². The lowest BCUT2D eigenvalue weighted by Gasteiger charge is -2.32. The highest BCUT2D eigenvalue weighted by Crippen LogP contribution is 2.30. The van der Waals surface area contributed by atoms with Crippen LogP contribution in [-0.4, -0.2) is 53.7 Å². The number of methoxy groups -OCH3 is 2. The second-order valence-electron chi connectivity index (χ2n) is 7.94. The van der Waals surface area contributed by atoms with Crippen molar-refractivity contribution in [1.82, 2.24) is 14.7 Å². The maximum absolute atomic E-state index is 13.1. The van der Waals surface area contributed by atoms with E-state index >= 15 is 0 Å². The summed E-state index contributed by atoms with van der Waals surface area (Å²) in [5, 5.41) is 4.34. The van der Waals surface area contributed by atoms with Gasteiger partial charge in [0.15, 0.2) is 17.3 Å². The van der Waals surface area contributed by atoms with Gasteiger partial charge in [-0.1, -0.05) is 30.3 Å². The van der Waals surface area contributed by atoms with E-state index in [2.05, 4.69) is 5.10 Å². The number of benzene rings is 2. The molecule has 166 valence electrons. The minimum Gasteiger partial charge on any atom is -0.493 e. The van der Waals surface area contributed by atoms with Crippen molar-refractivity contribution in [3.8, 4) is 11.5 Å². The van der Waals surface area contributed by atoms with E-state index in [1.54, 1.807) is 54.4 Å². The first-order chi connectivity index (χ1) is 15.6. The van der Waals surface area contributed by atoms with E-state index in [-0.39, 0.29) is 17.6 Å². The van der Waals surface area contributed by atoms with Crippen LogP contribution >= 0.6 is 0 Å². The molecule has 32 heavy (non-hydrogen) atoms. The predicted octanol–water partition coefficient (Wildman–Crippen LogP) is 3.68. The molecule has 1 aliphatic heterocycles. The summed E-state index contributed by atoms with van der Waals surface area (Å²) in [5.41, 5.74) is 2.23. The van der Waals surface area contributed by atoms with Gasteiger partial charge in [-0.3, -0.25) is 14.3 Å². The Kier molecular flexibility index (Phi) is 6.54. The lowest BCUT2D eigenvalue weighted by Crippen LogP contribution is -2.42. The van der Waals surface area contributed by atoms with Crippen molar-refractivity contribution in [2.24, 2.45) is 5.92 Å². The number of likely N-dealkylation sites (tertiary alicyclic amines) is 1. The van der Waals surface area contributed by atoms with Crippen molar-refractivity contribution in [2.75, 3.05) is 27.3 Å². The zero-order valence-electron chi connectivity index (χ0n) is 18.4. The number of Topliss-reactive ketones (excluding diaryl/α,β-unsaturated/α-hetero) is 1. The van der Waals surface area contributed by atoms with Crippen molar-refractivity contribution >= 4 is 11.7 Å². The molecule has 2 heterocycles. The normalized spacial score (nSPS) is 15.9. The Morgan fingerprint density at radius 2 is 1.81 bits per heavy atom. The lowest BCUT2D eigenvalue weighted by atomic mass is 9.89. The van der Waals surface area contributed by atoms with Crippen molar-refractivity contribution in [2.45, 2.75) is 19.4 Å². The second kappa shape index (κ2) is 9.68. The number of carbonyl (C=O) groups excluding carboxylic acids is 2. The van der Waals surface area contributed by atoms with E-state index < -0.39 is 0 Å². The maximum atomic E-state index is 13.1. The van der Waals surface area contributed by atoms with Crippen LogP contribution in [0.25, 0.3) is 0 Å². The maximum Gasteiger partial charge on any atom is 0.257 e. The van der Waals surface area contributed by atoms with Crippen LogP contribution in [0.5, 0.6) is 11.5 Å². The number of piperidine rings is 1. The fraction of sp³-hybridized carbons (Fsp3) is 0.320. The number of aromatic nitrogens is 2. The number of rotatable bonds is 7. The molecular weight excluding hydrogens is 406 g/mol. The van der Waals surface area contributed by atoms with Gasteiger partial charge in [-0.15, -0.1) is 0 Å². The molecule has 4 rings (SSSR count). The van der Waals surface area contributed by atoms with Crippen molar-refractivity contribution in [3.05, 3.63) is 77.6 Å². The third-order valence-electron chi connectivity index (χ3n) is 5.82. The third kappa shape index (κ3) is 4.66. The summed E-state index contributed by atoms with van der Waals surface area (Å²) in [6, 6.07) is 15.2. The summed E-state index contributed by atoms with van der Waals surface area (Å²) < 4.78 is 12.3. The number of hydrogen-bond donors (Lipinski definition) is 0. The van der Waals surface area contributed by atoms with Crippen molar-refractivity contribution in [3.63, 3.8) is 0 Å². The minimum atomic E-state index is -0.245. The highest BCUT2D eigenvalue weighted by Gasteiger charge is 2.30. The average Bonchev–Trinajstić information content (AvgIpc) is 3.31. The van der Waals surface area contributed by atoms with Gasteiger partial charge in [0.05, 0.1) is 32.5 Å². The fourth-order valence-electron chi connectivity index (χ4n) is 4.11. The van der Waals surface area contributed by atoms with E-state index in [0.29, 0.717) is 42.3 Å². The second-order valence-corrected chi connectivity index (χ2v) is 7.94. The van der Waals surface area contributed by atoms with Crippen molar-refractivity contribution < 1.29 is 19.1 Å². The topological polar surface area (TPSA) is 73.7 Å². The summed E-state index contributed by atoms with van der Waals surface area (Å²) in [6.45, 7) is 1.64. The smallest absolute Gasteiger partial charge is 0.257 e. The highest BCUT2D eigenvalue weighted by molar-refractivity contribution is 5.99. The first kappa shape index (κ1) is 21.6. The van der Waals surface area contributed by atoms with Crippen LogP contribution in [0.1, 0.15) is 39.1 Å². The van der Waals surface area contributed by atoms with E-state index in [9.17, 15) is 9.59 Å². The Balaban J connectivity index is 1.43. The fourth-order valence-corrected chi connectivity index (χ4v) is 4.11. The molecular formula is C25H27N3O4. The van der Waals surface area contributed by atoms with Crippen LogP contribution in [0, 0.1) is 5.92 Å². The summed E-state index contributed by atoms with van der Waals surface area (Å²) in [4.78, 5) is 28.0. The van der Waals surface area contributed by atoms with Crippen LogP contribution in [0.4, 0.5) is 0 Å². The Labute approximate surface area is 187 Å². The molecule has 0 N–H and O–H groups in total. The molecule has 1 amide bonds. The standard InChI is InChI=1S/C25H27N3O4/c1-31-22-11-10-19(13-23(22)32-2)24(29)20-9-6-12-27(16-20)25(30)21-14-26-28(17-21)15-18-7-4-3-5-8-18/h3-5,7-8,10-11,13-14,17,20H,6,9,12,15-16H2,1-2H3/t20-/m1/s1. The quantitative estimate of drug-likeness (QED) is 0.532. The van der Waals surface area contributed by atoms with Crippen LogP contribution in [0.2, 0.25) is 0 Å². The molecule has 7 nitrogen and oxygen atoms in total. The molecule has 1 atom stereocenters. The van der Waals surface area contributed by atoms with Gasteiger partial charge in [0.25, 0.3) is 5.91 Å². The summed E-state index contributed by atoms with van der Waals surface area (Å²) in [6.07, 6.45) is 4.91. The van der Waals surface area contributed by atoms with Gasteiger partial charge in [0.1, 0.15) is 0 Å². The Morgan fingerprint density at radius 1 is 1.03 bits per heavy atom. The Bertz CT molecular complexity index is 1090. The highest BCUT2D eigenvalue weighted by atomic mass is 16.5. The van der Waals surface area contributed by atoms with Crippen LogP contribution in [0.3, 0.4) is 0 Å². The van der Waals surface area contributed by atoms with E-state index in [4.69, 9.17) is 9.47 Å². The molecule has 1 saturated heterocycles. The molecule has 7 heteroatoms. The van der Waals surface area contributed by atoms with Crippen LogP contribution in [0.15, 0.2) is 60.9 Å². The van der Waals surface area contributed by atoms with Gasteiger partial charge in [-0.2, -0.15) is 5.10 Å². The third-order valence-corrected chi connectivity index (χ3v) is 5.82. The summed E-state index contributed by atoms with van der Waals surface area (Å²) in [5.74, 6) is 0.785. The van der Waals surface area contributed by atoms with Crippen LogP contribution < -0.4 is 9.47 Å². The first-order valence-corrected chi connectivity index (χ1v) is 10.7. The largest absolute Gasteiger partial charge is 0.493 e. The van der Waals surface area contributed by atoms with Crippen LogP contribution in [-0.2, 0) is 6.54 Å². The summed E-state index contributed by atoms with van der Waals surface area (Å²) >= 11 is 0. The zero-order valence-corrected chi connectivity index (χ0v) is 18.4.